The van der Waals surface area contributed by atoms with Gasteiger partial charge >= 0.3 is 6.09 Å². The Hall–Kier alpha value is -2.55. The highest BCUT2D eigenvalue weighted by Crippen LogP contribution is 2.44. The quantitative estimate of drug-likeness (QED) is 0.608. The lowest BCUT2D eigenvalue weighted by Crippen LogP contribution is -2.27. The van der Waals surface area contributed by atoms with Crippen LogP contribution in [-0.4, -0.2) is 19.2 Å². The fraction of sp³-hybridized carbons (Fsp3) is 0.286. The van der Waals surface area contributed by atoms with Crippen molar-refractivity contribution in [3.05, 3.63) is 71.8 Å². The number of rotatable bonds is 6. The van der Waals surface area contributed by atoms with Gasteiger partial charge in [-0.25, -0.2) is 4.79 Å². The van der Waals surface area contributed by atoms with Crippen LogP contribution < -0.4 is 5.32 Å². The molecule has 124 valence electrons. The number of hydrogen-bond donors (Lipinski definition) is 1. The first-order valence-electron chi connectivity index (χ1n) is 8.40. The van der Waals surface area contributed by atoms with E-state index in [9.17, 15) is 4.79 Å². The SMILES string of the molecule is C=C(C)CCCNC(=O)OCC1c2ccccc2-c2ccccc21. The van der Waals surface area contributed by atoms with Gasteiger partial charge in [0.15, 0.2) is 0 Å². The number of ether oxygens (including phenoxy) is 1. The number of nitrogens with one attached hydrogen (secondary N) is 1. The first-order valence-corrected chi connectivity index (χ1v) is 8.40. The van der Waals surface area contributed by atoms with Gasteiger partial charge < -0.3 is 10.1 Å². The molecule has 0 aliphatic heterocycles. The summed E-state index contributed by atoms with van der Waals surface area (Å²) in [5.74, 6) is 0.110. The summed E-state index contributed by atoms with van der Waals surface area (Å²) < 4.78 is 5.47. The van der Waals surface area contributed by atoms with Crippen molar-refractivity contribution in [2.45, 2.75) is 25.7 Å². The lowest BCUT2D eigenvalue weighted by molar-refractivity contribution is 0.143. The highest BCUT2D eigenvalue weighted by Gasteiger charge is 2.28. The van der Waals surface area contributed by atoms with Crippen molar-refractivity contribution in [3.63, 3.8) is 0 Å². The Morgan fingerprint density at radius 1 is 1.08 bits per heavy atom. The van der Waals surface area contributed by atoms with Gasteiger partial charge in [-0.05, 0) is 42.0 Å². The Morgan fingerprint density at radius 2 is 1.67 bits per heavy atom. The molecule has 0 radical (unpaired) electrons. The molecule has 1 amide bonds. The molecule has 1 aliphatic carbocycles. The second-order valence-corrected chi connectivity index (χ2v) is 6.31. The minimum absolute atomic E-state index is 0.110. The summed E-state index contributed by atoms with van der Waals surface area (Å²) in [5, 5.41) is 2.81. The van der Waals surface area contributed by atoms with Crippen LogP contribution >= 0.6 is 0 Å². The smallest absolute Gasteiger partial charge is 0.407 e. The predicted octanol–water partition coefficient (Wildman–Crippen LogP) is 4.88. The zero-order valence-electron chi connectivity index (χ0n) is 14.0. The third-order valence-corrected chi connectivity index (χ3v) is 4.39. The van der Waals surface area contributed by atoms with Crippen molar-refractivity contribution in [1.29, 1.82) is 0 Å². The highest BCUT2D eigenvalue weighted by molar-refractivity contribution is 5.79. The fourth-order valence-corrected chi connectivity index (χ4v) is 3.23. The Kier molecular flexibility index (Phi) is 4.99. The van der Waals surface area contributed by atoms with Gasteiger partial charge in [0.05, 0.1) is 0 Å². The molecule has 0 bridgehead atoms. The standard InChI is InChI=1S/C21H23NO2/c1-15(2)8-7-13-22-21(23)24-14-20-18-11-5-3-9-16(18)17-10-4-6-12-19(17)20/h3-6,9-12,20H,1,7-8,13-14H2,2H3,(H,22,23). The van der Waals surface area contributed by atoms with Crippen LogP contribution in [0.2, 0.25) is 0 Å². The van der Waals surface area contributed by atoms with E-state index in [2.05, 4.69) is 36.2 Å². The van der Waals surface area contributed by atoms with Gasteiger partial charge in [0, 0.05) is 12.5 Å². The molecule has 1 N–H and O–H groups in total. The van der Waals surface area contributed by atoms with E-state index in [1.54, 1.807) is 0 Å². The van der Waals surface area contributed by atoms with Crippen LogP contribution in [-0.2, 0) is 4.74 Å². The summed E-state index contributed by atoms with van der Waals surface area (Å²) in [6, 6.07) is 16.7. The van der Waals surface area contributed by atoms with Crippen molar-refractivity contribution < 1.29 is 9.53 Å². The molecule has 0 spiro atoms. The van der Waals surface area contributed by atoms with Gasteiger partial charge in [-0.2, -0.15) is 0 Å². The number of fused-ring (bicyclic) bond motifs is 3. The van der Waals surface area contributed by atoms with E-state index in [-0.39, 0.29) is 12.0 Å². The van der Waals surface area contributed by atoms with E-state index in [0.29, 0.717) is 13.2 Å². The summed E-state index contributed by atoms with van der Waals surface area (Å²) in [6.45, 7) is 6.83. The third kappa shape index (κ3) is 3.51. The van der Waals surface area contributed by atoms with Crippen molar-refractivity contribution in [3.8, 4) is 11.1 Å². The average molecular weight is 321 g/mol. The first kappa shape index (κ1) is 16.3. The number of benzene rings is 2. The Bertz CT molecular complexity index is 706. The molecule has 24 heavy (non-hydrogen) atoms. The molecule has 2 aromatic carbocycles. The van der Waals surface area contributed by atoms with Crippen LogP contribution in [0.25, 0.3) is 11.1 Å². The Balaban J connectivity index is 1.61. The second-order valence-electron chi connectivity index (χ2n) is 6.31. The monoisotopic (exact) mass is 321 g/mol. The van der Waals surface area contributed by atoms with E-state index in [1.807, 2.05) is 31.2 Å². The minimum atomic E-state index is -0.349. The zero-order chi connectivity index (χ0) is 16.9. The summed E-state index contributed by atoms with van der Waals surface area (Å²) in [6.07, 6.45) is 1.46. The van der Waals surface area contributed by atoms with Crippen LogP contribution in [0.4, 0.5) is 4.79 Å². The lowest BCUT2D eigenvalue weighted by Gasteiger charge is -2.14. The molecule has 0 aromatic heterocycles. The normalized spacial score (nSPS) is 12.4. The van der Waals surface area contributed by atoms with Gasteiger partial charge in [0.25, 0.3) is 0 Å². The number of alkyl carbamates (subject to hydrolysis) is 1. The maximum atomic E-state index is 11.9. The van der Waals surface area contributed by atoms with E-state index in [0.717, 1.165) is 18.4 Å². The van der Waals surface area contributed by atoms with Gasteiger partial charge in [-0.15, -0.1) is 6.58 Å². The van der Waals surface area contributed by atoms with E-state index in [1.165, 1.54) is 22.3 Å². The molecule has 2 aromatic rings. The predicted molar refractivity (Wildman–Crippen MR) is 97.1 cm³/mol. The van der Waals surface area contributed by atoms with Crippen molar-refractivity contribution in [1.82, 2.24) is 5.32 Å². The molecule has 0 saturated heterocycles. The number of hydrogen-bond acceptors (Lipinski definition) is 2. The minimum Gasteiger partial charge on any atom is -0.449 e. The molecule has 0 unspecified atom stereocenters. The number of amides is 1. The van der Waals surface area contributed by atoms with Gasteiger partial charge in [0.2, 0.25) is 0 Å². The lowest BCUT2D eigenvalue weighted by atomic mass is 9.98. The largest absolute Gasteiger partial charge is 0.449 e. The third-order valence-electron chi connectivity index (χ3n) is 4.39. The van der Waals surface area contributed by atoms with Crippen LogP contribution in [0.1, 0.15) is 36.8 Å². The number of allylic oxidation sites excluding steroid dienone is 1. The molecule has 3 nitrogen and oxygen atoms in total. The maximum absolute atomic E-state index is 11.9. The first-order chi connectivity index (χ1) is 11.7. The van der Waals surface area contributed by atoms with Crippen molar-refractivity contribution >= 4 is 6.09 Å². The summed E-state index contributed by atoms with van der Waals surface area (Å²) in [7, 11) is 0. The van der Waals surface area contributed by atoms with E-state index in [4.69, 9.17) is 4.74 Å². The molecule has 0 fully saturated rings. The van der Waals surface area contributed by atoms with Crippen LogP contribution in [0, 0.1) is 0 Å². The Morgan fingerprint density at radius 3 is 2.25 bits per heavy atom. The highest BCUT2D eigenvalue weighted by atomic mass is 16.5. The zero-order valence-corrected chi connectivity index (χ0v) is 14.0. The molecule has 0 saturated carbocycles. The maximum Gasteiger partial charge on any atom is 0.407 e. The fourth-order valence-electron chi connectivity index (χ4n) is 3.23. The average Bonchev–Trinajstić information content (AvgIpc) is 2.91. The molecule has 0 atom stereocenters. The molecule has 1 aliphatic rings. The van der Waals surface area contributed by atoms with Crippen molar-refractivity contribution in [2.75, 3.05) is 13.2 Å². The van der Waals surface area contributed by atoms with E-state index < -0.39 is 0 Å². The van der Waals surface area contributed by atoms with Crippen molar-refractivity contribution in [2.24, 2.45) is 0 Å². The van der Waals surface area contributed by atoms with E-state index >= 15 is 0 Å². The molecule has 3 heteroatoms. The topological polar surface area (TPSA) is 38.3 Å². The Labute approximate surface area is 143 Å². The van der Waals surface area contributed by atoms with Crippen LogP contribution in [0.15, 0.2) is 60.7 Å². The van der Waals surface area contributed by atoms with Crippen LogP contribution in [0.3, 0.4) is 0 Å². The number of carbonyl (C=O) groups excluding carboxylic acids is 1. The summed E-state index contributed by atoms with van der Waals surface area (Å²) >= 11 is 0. The second kappa shape index (κ2) is 7.35. The molecular formula is C21H23NO2. The number of carbonyl (C=O) groups is 1. The summed E-state index contributed by atoms with van der Waals surface area (Å²) in [5.41, 5.74) is 6.07. The molecular weight excluding hydrogens is 298 g/mol. The summed E-state index contributed by atoms with van der Waals surface area (Å²) in [4.78, 5) is 11.9. The van der Waals surface area contributed by atoms with Gasteiger partial charge in [0.1, 0.15) is 6.61 Å². The molecule has 3 rings (SSSR count). The van der Waals surface area contributed by atoms with Gasteiger partial charge in [-0.3, -0.25) is 0 Å². The van der Waals surface area contributed by atoms with Crippen LogP contribution in [0.5, 0.6) is 0 Å². The molecule has 0 heterocycles. The van der Waals surface area contributed by atoms with Gasteiger partial charge in [-0.1, -0.05) is 54.1 Å².